The quantitative estimate of drug-likeness (QED) is 0.666. The number of hydrogen-bond donors (Lipinski definition) is 0. The van der Waals surface area contributed by atoms with Crippen molar-refractivity contribution in [2.24, 2.45) is 0 Å². The van der Waals surface area contributed by atoms with Gasteiger partial charge < -0.3 is 4.74 Å². The molecule has 0 atom stereocenters. The fourth-order valence-corrected chi connectivity index (χ4v) is 1.62. The normalized spacial score (nSPS) is 10.4. The molecule has 0 fully saturated rings. The van der Waals surface area contributed by atoms with Crippen LogP contribution >= 0.6 is 0 Å². The van der Waals surface area contributed by atoms with Crippen LogP contribution in [0.4, 0.5) is 0 Å². The van der Waals surface area contributed by atoms with Crippen LogP contribution in [0.15, 0.2) is 60.7 Å². The van der Waals surface area contributed by atoms with Gasteiger partial charge in [-0.1, -0.05) is 36.4 Å². The van der Waals surface area contributed by atoms with E-state index in [-0.39, 0.29) is 0 Å². The standard InChI is InChI=1S/C14H10N2O/c1-2-7-12(8-3-1)17-14-10-11-6-4-5-9-13(11)15-16-14/h1-10H. The Kier molecular flexibility index (Phi) is 2.43. The van der Waals surface area contributed by atoms with Gasteiger partial charge in [0.2, 0.25) is 5.88 Å². The number of nitrogens with zero attached hydrogens (tertiary/aromatic N) is 2. The number of hydrogen-bond acceptors (Lipinski definition) is 3. The van der Waals surface area contributed by atoms with Crippen molar-refractivity contribution in [1.82, 2.24) is 10.2 Å². The van der Waals surface area contributed by atoms with Crippen LogP contribution in [-0.4, -0.2) is 10.2 Å². The maximum absolute atomic E-state index is 5.61. The predicted octanol–water partition coefficient (Wildman–Crippen LogP) is 3.42. The lowest BCUT2D eigenvalue weighted by Crippen LogP contribution is -1.90. The lowest BCUT2D eigenvalue weighted by Gasteiger charge is -2.04. The van der Waals surface area contributed by atoms with E-state index in [1.165, 1.54) is 0 Å². The Morgan fingerprint density at radius 1 is 0.765 bits per heavy atom. The molecule has 0 radical (unpaired) electrons. The van der Waals surface area contributed by atoms with Crippen molar-refractivity contribution < 1.29 is 4.74 Å². The van der Waals surface area contributed by atoms with Gasteiger partial charge in [-0.3, -0.25) is 0 Å². The van der Waals surface area contributed by atoms with E-state index in [1.807, 2.05) is 60.7 Å². The van der Waals surface area contributed by atoms with E-state index in [4.69, 9.17) is 4.74 Å². The number of aromatic nitrogens is 2. The van der Waals surface area contributed by atoms with Crippen molar-refractivity contribution >= 4 is 10.9 Å². The van der Waals surface area contributed by atoms with Crippen LogP contribution in [0, 0.1) is 0 Å². The Balaban J connectivity index is 1.96. The van der Waals surface area contributed by atoms with Crippen molar-refractivity contribution in [2.75, 3.05) is 0 Å². The average Bonchev–Trinajstić information content (AvgIpc) is 2.40. The minimum Gasteiger partial charge on any atom is -0.438 e. The maximum atomic E-state index is 5.61. The van der Waals surface area contributed by atoms with Crippen LogP contribution in [0.2, 0.25) is 0 Å². The highest BCUT2D eigenvalue weighted by Crippen LogP contribution is 2.21. The Labute approximate surface area is 98.7 Å². The van der Waals surface area contributed by atoms with Gasteiger partial charge in [-0.05, 0) is 18.2 Å². The molecule has 0 spiro atoms. The molecule has 3 aromatic rings. The summed E-state index contributed by atoms with van der Waals surface area (Å²) in [4.78, 5) is 0. The highest BCUT2D eigenvalue weighted by atomic mass is 16.5. The SMILES string of the molecule is c1ccc(Oc2cc3ccccc3nn2)cc1. The molecule has 0 saturated heterocycles. The van der Waals surface area contributed by atoms with Gasteiger partial charge >= 0.3 is 0 Å². The van der Waals surface area contributed by atoms with Gasteiger partial charge in [0.15, 0.2) is 0 Å². The zero-order valence-electron chi connectivity index (χ0n) is 9.08. The molecule has 3 heteroatoms. The first-order valence-electron chi connectivity index (χ1n) is 5.37. The van der Waals surface area contributed by atoms with Gasteiger partial charge in [0.25, 0.3) is 0 Å². The van der Waals surface area contributed by atoms with Gasteiger partial charge in [-0.25, -0.2) is 0 Å². The fourth-order valence-electron chi connectivity index (χ4n) is 1.62. The van der Waals surface area contributed by atoms with Gasteiger partial charge in [0.05, 0.1) is 5.52 Å². The first kappa shape index (κ1) is 9.78. The van der Waals surface area contributed by atoms with E-state index in [2.05, 4.69) is 10.2 Å². The van der Waals surface area contributed by atoms with Crippen LogP contribution in [0.1, 0.15) is 0 Å². The van der Waals surface area contributed by atoms with E-state index in [9.17, 15) is 0 Å². The summed E-state index contributed by atoms with van der Waals surface area (Å²) in [6.07, 6.45) is 0. The van der Waals surface area contributed by atoms with Crippen molar-refractivity contribution in [3.63, 3.8) is 0 Å². The number of rotatable bonds is 2. The summed E-state index contributed by atoms with van der Waals surface area (Å²) in [6.45, 7) is 0. The third kappa shape index (κ3) is 2.08. The minimum absolute atomic E-state index is 0.509. The molecule has 0 amide bonds. The highest BCUT2D eigenvalue weighted by molar-refractivity contribution is 5.78. The molecule has 17 heavy (non-hydrogen) atoms. The van der Waals surface area contributed by atoms with E-state index in [0.29, 0.717) is 5.88 Å². The Morgan fingerprint density at radius 3 is 2.41 bits per heavy atom. The molecule has 0 bridgehead atoms. The first-order chi connectivity index (χ1) is 8.42. The molecule has 1 aromatic heterocycles. The summed E-state index contributed by atoms with van der Waals surface area (Å²) in [5.74, 6) is 1.27. The second-order valence-corrected chi connectivity index (χ2v) is 3.66. The van der Waals surface area contributed by atoms with Crippen LogP contribution in [0.5, 0.6) is 11.6 Å². The topological polar surface area (TPSA) is 35.0 Å². The smallest absolute Gasteiger partial charge is 0.239 e. The summed E-state index contributed by atoms with van der Waals surface area (Å²) in [6, 6.07) is 19.3. The molecule has 0 aliphatic heterocycles. The third-order valence-corrected chi connectivity index (χ3v) is 2.44. The second-order valence-electron chi connectivity index (χ2n) is 3.66. The lowest BCUT2D eigenvalue weighted by molar-refractivity contribution is 0.457. The Hall–Kier alpha value is -2.42. The van der Waals surface area contributed by atoms with Crippen molar-refractivity contribution in [1.29, 1.82) is 0 Å². The largest absolute Gasteiger partial charge is 0.438 e. The summed E-state index contributed by atoms with van der Waals surface area (Å²) in [5, 5.41) is 9.15. The molecule has 82 valence electrons. The van der Waals surface area contributed by atoms with E-state index >= 15 is 0 Å². The van der Waals surface area contributed by atoms with Crippen LogP contribution in [-0.2, 0) is 0 Å². The highest BCUT2D eigenvalue weighted by Gasteiger charge is 2.00. The number of ether oxygens (including phenoxy) is 1. The molecular formula is C14H10N2O. The van der Waals surface area contributed by atoms with Gasteiger partial charge in [-0.15, -0.1) is 10.2 Å². The minimum atomic E-state index is 0.509. The van der Waals surface area contributed by atoms with Gasteiger partial charge in [0, 0.05) is 11.5 Å². The molecule has 3 rings (SSSR count). The third-order valence-electron chi connectivity index (χ3n) is 2.44. The van der Waals surface area contributed by atoms with Gasteiger partial charge in [-0.2, -0.15) is 0 Å². The van der Waals surface area contributed by atoms with Gasteiger partial charge in [0.1, 0.15) is 5.75 Å². The number of fused-ring (bicyclic) bond motifs is 1. The molecular weight excluding hydrogens is 212 g/mol. The molecule has 0 aliphatic rings. The van der Waals surface area contributed by atoms with Crippen LogP contribution < -0.4 is 4.74 Å². The molecule has 1 heterocycles. The molecule has 0 aliphatic carbocycles. The molecule has 0 N–H and O–H groups in total. The molecule has 0 unspecified atom stereocenters. The summed E-state index contributed by atoms with van der Waals surface area (Å²) < 4.78 is 5.61. The molecule has 3 nitrogen and oxygen atoms in total. The summed E-state index contributed by atoms with van der Waals surface area (Å²) in [5.41, 5.74) is 0.868. The van der Waals surface area contributed by atoms with E-state index in [0.717, 1.165) is 16.7 Å². The lowest BCUT2D eigenvalue weighted by atomic mass is 10.2. The zero-order valence-corrected chi connectivity index (χ0v) is 9.08. The summed E-state index contributed by atoms with van der Waals surface area (Å²) in [7, 11) is 0. The first-order valence-corrected chi connectivity index (χ1v) is 5.37. The summed E-state index contributed by atoms with van der Waals surface area (Å²) >= 11 is 0. The zero-order chi connectivity index (χ0) is 11.5. The van der Waals surface area contributed by atoms with Crippen molar-refractivity contribution in [3.8, 4) is 11.6 Å². The monoisotopic (exact) mass is 222 g/mol. The predicted molar refractivity (Wildman–Crippen MR) is 66.1 cm³/mol. The van der Waals surface area contributed by atoms with Crippen molar-refractivity contribution in [3.05, 3.63) is 60.7 Å². The molecule has 0 saturated carbocycles. The van der Waals surface area contributed by atoms with E-state index < -0.39 is 0 Å². The maximum Gasteiger partial charge on any atom is 0.239 e. The van der Waals surface area contributed by atoms with Crippen LogP contribution in [0.25, 0.3) is 10.9 Å². The Bertz CT molecular complexity index is 638. The number of benzene rings is 2. The average molecular weight is 222 g/mol. The second kappa shape index (κ2) is 4.22. The fraction of sp³-hybridized carbons (Fsp3) is 0. The van der Waals surface area contributed by atoms with E-state index in [1.54, 1.807) is 0 Å². The van der Waals surface area contributed by atoms with Crippen molar-refractivity contribution in [2.45, 2.75) is 0 Å². The Morgan fingerprint density at radius 2 is 1.53 bits per heavy atom. The molecule has 2 aromatic carbocycles. The number of para-hydroxylation sites is 1. The van der Waals surface area contributed by atoms with Crippen LogP contribution in [0.3, 0.4) is 0 Å².